The molecule has 0 amide bonds. The van der Waals surface area contributed by atoms with Crippen molar-refractivity contribution in [2.75, 3.05) is 0 Å². The van der Waals surface area contributed by atoms with Gasteiger partial charge in [0, 0.05) is 0 Å². The van der Waals surface area contributed by atoms with E-state index < -0.39 is 11.9 Å². The molecule has 140 valence electrons. The van der Waals surface area contributed by atoms with Crippen molar-refractivity contribution in [2.45, 2.75) is 65.7 Å². The molecule has 26 heavy (non-hydrogen) atoms. The summed E-state index contributed by atoms with van der Waals surface area (Å²) < 4.78 is 0. The fourth-order valence-corrected chi connectivity index (χ4v) is 3.86. The summed E-state index contributed by atoms with van der Waals surface area (Å²) in [4.78, 5) is 23.5. The van der Waals surface area contributed by atoms with E-state index >= 15 is 0 Å². The lowest BCUT2D eigenvalue weighted by atomic mass is 9.84. The highest BCUT2D eigenvalue weighted by atomic mass is 16.4. The van der Waals surface area contributed by atoms with Crippen LogP contribution < -0.4 is 0 Å². The third-order valence-corrected chi connectivity index (χ3v) is 5.09. The lowest BCUT2D eigenvalue weighted by Crippen LogP contribution is -2.12. The second-order valence-electron chi connectivity index (χ2n) is 6.70. The van der Waals surface area contributed by atoms with Gasteiger partial charge in [-0.3, -0.25) is 0 Å². The molecule has 2 N–H and O–H groups in total. The van der Waals surface area contributed by atoms with Crippen LogP contribution in [0.1, 0.15) is 83.9 Å². The molecular weight excluding hydrogens is 328 g/mol. The van der Waals surface area contributed by atoms with Crippen molar-refractivity contribution in [1.29, 1.82) is 0 Å². The van der Waals surface area contributed by atoms with Crippen LogP contribution in [0, 0.1) is 0 Å². The summed E-state index contributed by atoms with van der Waals surface area (Å²) in [6.45, 7) is 6.11. The molecule has 0 saturated carbocycles. The molecule has 0 aliphatic rings. The number of aryl methyl sites for hydroxylation is 2. The Morgan fingerprint density at radius 3 is 2.04 bits per heavy atom. The molecule has 0 bridgehead atoms. The van der Waals surface area contributed by atoms with E-state index in [-0.39, 0.29) is 5.56 Å². The second kappa shape index (κ2) is 8.84. The van der Waals surface area contributed by atoms with Crippen molar-refractivity contribution < 1.29 is 19.8 Å². The van der Waals surface area contributed by atoms with E-state index in [0.29, 0.717) is 24.8 Å². The van der Waals surface area contributed by atoms with Gasteiger partial charge in [-0.2, -0.15) is 0 Å². The number of carboxylic acids is 2. The Morgan fingerprint density at radius 1 is 0.808 bits per heavy atom. The monoisotopic (exact) mass is 356 g/mol. The van der Waals surface area contributed by atoms with Gasteiger partial charge in [-0.1, -0.05) is 46.1 Å². The molecule has 0 aliphatic heterocycles. The molecule has 0 fully saturated rings. The molecule has 2 aromatic carbocycles. The van der Waals surface area contributed by atoms with Crippen LogP contribution in [-0.2, 0) is 19.3 Å². The lowest BCUT2D eigenvalue weighted by molar-refractivity contribution is 0.0684. The van der Waals surface area contributed by atoms with Crippen molar-refractivity contribution in [3.8, 4) is 0 Å². The zero-order valence-electron chi connectivity index (χ0n) is 15.9. The van der Waals surface area contributed by atoms with Crippen molar-refractivity contribution in [3.05, 3.63) is 46.0 Å². The SMILES string of the molecule is CCCCCCc1c(C(=O)O)c(CC)c(CC)c2cc(C(=O)O)ccc12. The Kier molecular flexibility index (Phi) is 6.78. The molecule has 0 heterocycles. The van der Waals surface area contributed by atoms with Crippen LogP contribution in [-0.4, -0.2) is 22.2 Å². The van der Waals surface area contributed by atoms with E-state index in [9.17, 15) is 19.8 Å². The van der Waals surface area contributed by atoms with E-state index in [1.54, 1.807) is 18.2 Å². The van der Waals surface area contributed by atoms with Gasteiger partial charge in [-0.15, -0.1) is 0 Å². The number of carboxylic acid groups (broad SMARTS) is 2. The van der Waals surface area contributed by atoms with Crippen LogP contribution in [0.4, 0.5) is 0 Å². The van der Waals surface area contributed by atoms with Crippen LogP contribution in [0.15, 0.2) is 18.2 Å². The van der Waals surface area contributed by atoms with E-state index in [1.165, 1.54) is 0 Å². The molecule has 4 nitrogen and oxygen atoms in total. The van der Waals surface area contributed by atoms with Crippen molar-refractivity contribution in [1.82, 2.24) is 0 Å². The first kappa shape index (κ1) is 20.0. The molecule has 0 spiro atoms. The zero-order chi connectivity index (χ0) is 19.3. The smallest absolute Gasteiger partial charge is 0.336 e. The maximum Gasteiger partial charge on any atom is 0.336 e. The van der Waals surface area contributed by atoms with Gasteiger partial charge in [0.2, 0.25) is 0 Å². The molecule has 2 aromatic rings. The number of aromatic carboxylic acids is 2. The van der Waals surface area contributed by atoms with Gasteiger partial charge < -0.3 is 10.2 Å². The lowest BCUT2D eigenvalue weighted by Gasteiger charge is -2.20. The van der Waals surface area contributed by atoms with E-state index in [0.717, 1.165) is 53.1 Å². The fraction of sp³-hybridized carbons (Fsp3) is 0.455. The first-order valence-corrected chi connectivity index (χ1v) is 9.53. The molecule has 0 aromatic heterocycles. The molecule has 2 rings (SSSR count). The third kappa shape index (κ3) is 3.90. The predicted molar refractivity (Wildman–Crippen MR) is 104 cm³/mol. The number of rotatable bonds is 9. The highest BCUT2D eigenvalue weighted by molar-refractivity contribution is 6.03. The largest absolute Gasteiger partial charge is 0.478 e. The van der Waals surface area contributed by atoms with Crippen LogP contribution in [0.5, 0.6) is 0 Å². The number of unbranched alkanes of at least 4 members (excludes halogenated alkanes) is 3. The molecule has 0 radical (unpaired) electrons. The van der Waals surface area contributed by atoms with Gasteiger partial charge in [0.05, 0.1) is 11.1 Å². The minimum Gasteiger partial charge on any atom is -0.478 e. The van der Waals surface area contributed by atoms with Crippen molar-refractivity contribution in [2.24, 2.45) is 0 Å². The second-order valence-corrected chi connectivity index (χ2v) is 6.70. The van der Waals surface area contributed by atoms with Gasteiger partial charge in [0.15, 0.2) is 0 Å². The van der Waals surface area contributed by atoms with Gasteiger partial charge in [-0.05, 0) is 65.3 Å². The summed E-state index contributed by atoms with van der Waals surface area (Å²) in [5.74, 6) is -1.84. The first-order chi connectivity index (χ1) is 12.5. The minimum atomic E-state index is -0.959. The van der Waals surface area contributed by atoms with Gasteiger partial charge >= 0.3 is 11.9 Å². The molecule has 4 heteroatoms. The summed E-state index contributed by atoms with van der Waals surface area (Å²) in [5.41, 5.74) is 3.33. The predicted octanol–water partition coefficient (Wildman–Crippen LogP) is 5.48. The number of hydrogen-bond acceptors (Lipinski definition) is 2. The topological polar surface area (TPSA) is 74.6 Å². The summed E-state index contributed by atoms with van der Waals surface area (Å²) in [5, 5.41) is 21.0. The number of carbonyl (C=O) groups is 2. The third-order valence-electron chi connectivity index (χ3n) is 5.09. The Balaban J connectivity index is 2.76. The average molecular weight is 356 g/mol. The van der Waals surface area contributed by atoms with Crippen LogP contribution in [0.2, 0.25) is 0 Å². The van der Waals surface area contributed by atoms with Crippen molar-refractivity contribution in [3.63, 3.8) is 0 Å². The molecule has 0 saturated heterocycles. The van der Waals surface area contributed by atoms with Crippen LogP contribution >= 0.6 is 0 Å². The molecule has 0 aliphatic carbocycles. The highest BCUT2D eigenvalue weighted by Gasteiger charge is 2.22. The molecular formula is C22H28O4. The fourth-order valence-electron chi connectivity index (χ4n) is 3.86. The van der Waals surface area contributed by atoms with E-state index in [4.69, 9.17) is 0 Å². The quantitative estimate of drug-likeness (QED) is 0.583. The number of benzene rings is 2. The van der Waals surface area contributed by atoms with Crippen molar-refractivity contribution >= 4 is 22.7 Å². The summed E-state index contributed by atoms with van der Waals surface area (Å²) >= 11 is 0. The van der Waals surface area contributed by atoms with Gasteiger partial charge in [0.25, 0.3) is 0 Å². The van der Waals surface area contributed by atoms with E-state index in [2.05, 4.69) is 6.92 Å². The standard InChI is InChI=1S/C22H28O4/c1-4-7-8-9-10-18-17-12-11-14(21(23)24)13-19(17)15(5-2)16(6-3)20(18)22(25)26/h11-13H,4-10H2,1-3H3,(H,23,24)(H,25,26). The Labute approximate surface area is 154 Å². The van der Waals surface area contributed by atoms with Crippen LogP contribution in [0.25, 0.3) is 10.8 Å². The Bertz CT molecular complexity index is 821. The summed E-state index contributed by atoms with van der Waals surface area (Å²) in [6.07, 6.45) is 6.29. The molecule has 0 atom stereocenters. The maximum absolute atomic E-state index is 12.1. The zero-order valence-corrected chi connectivity index (χ0v) is 15.9. The summed E-state index contributed by atoms with van der Waals surface area (Å²) in [7, 11) is 0. The van der Waals surface area contributed by atoms with E-state index in [1.807, 2.05) is 13.8 Å². The van der Waals surface area contributed by atoms with Crippen LogP contribution in [0.3, 0.4) is 0 Å². The Morgan fingerprint density at radius 2 is 1.50 bits per heavy atom. The number of fused-ring (bicyclic) bond motifs is 1. The van der Waals surface area contributed by atoms with Gasteiger partial charge in [-0.25, -0.2) is 9.59 Å². The minimum absolute atomic E-state index is 0.245. The highest BCUT2D eigenvalue weighted by Crippen LogP contribution is 2.34. The average Bonchev–Trinajstić information content (AvgIpc) is 2.63. The number of hydrogen-bond donors (Lipinski definition) is 2. The summed E-state index contributed by atoms with van der Waals surface area (Å²) in [6, 6.07) is 5.08. The normalized spacial score (nSPS) is 11.0. The molecule has 0 unspecified atom stereocenters. The Hall–Kier alpha value is -2.36. The first-order valence-electron chi connectivity index (χ1n) is 9.53. The van der Waals surface area contributed by atoms with Gasteiger partial charge in [0.1, 0.15) is 0 Å². The maximum atomic E-state index is 12.1.